The Kier molecular flexibility index (Phi) is 4.15. The normalized spacial score (nSPS) is 12.1. The van der Waals surface area contributed by atoms with Crippen molar-refractivity contribution in [2.75, 3.05) is 17.7 Å². The highest BCUT2D eigenvalue weighted by atomic mass is 16.5. The summed E-state index contributed by atoms with van der Waals surface area (Å²) in [6.07, 6.45) is 0.193. The van der Waals surface area contributed by atoms with Crippen LogP contribution in [-0.2, 0) is 11.2 Å². The van der Waals surface area contributed by atoms with Crippen LogP contribution in [0.4, 0.5) is 16.2 Å². The fourth-order valence-corrected chi connectivity index (χ4v) is 2.44. The largest absolute Gasteiger partial charge is 0.497 e. The second-order valence-corrected chi connectivity index (χ2v) is 5.19. The molecule has 0 radical (unpaired) electrons. The Balaban J connectivity index is 1.67. The van der Waals surface area contributed by atoms with Crippen molar-refractivity contribution in [3.63, 3.8) is 0 Å². The molecule has 0 spiro atoms. The molecule has 0 aliphatic carbocycles. The first-order chi connectivity index (χ1) is 11.6. The average molecular weight is 325 g/mol. The molecular weight excluding hydrogens is 310 g/mol. The summed E-state index contributed by atoms with van der Waals surface area (Å²) in [7, 11) is 1.53. The van der Waals surface area contributed by atoms with Crippen molar-refractivity contribution in [3.05, 3.63) is 53.6 Å². The summed E-state index contributed by atoms with van der Waals surface area (Å²) in [4.78, 5) is 35.5. The van der Waals surface area contributed by atoms with Crippen LogP contribution in [-0.4, -0.2) is 25.0 Å². The summed E-state index contributed by atoms with van der Waals surface area (Å²) in [5.41, 5.74) is 2.20. The number of rotatable bonds is 3. The van der Waals surface area contributed by atoms with E-state index in [0.29, 0.717) is 28.3 Å². The lowest BCUT2D eigenvalue weighted by molar-refractivity contribution is -0.115. The fourth-order valence-electron chi connectivity index (χ4n) is 2.44. The number of fused-ring (bicyclic) bond motifs is 1. The minimum Gasteiger partial charge on any atom is -0.497 e. The highest BCUT2D eigenvalue weighted by Gasteiger charge is 2.21. The molecule has 0 unspecified atom stereocenters. The Hall–Kier alpha value is -3.35. The lowest BCUT2D eigenvalue weighted by Gasteiger charge is -2.10. The second-order valence-electron chi connectivity index (χ2n) is 5.19. The second kappa shape index (κ2) is 6.41. The van der Waals surface area contributed by atoms with Crippen molar-refractivity contribution in [1.29, 1.82) is 0 Å². The number of anilines is 2. The van der Waals surface area contributed by atoms with Gasteiger partial charge in [0, 0.05) is 22.5 Å². The van der Waals surface area contributed by atoms with Crippen LogP contribution in [0, 0.1) is 0 Å². The van der Waals surface area contributed by atoms with Crippen LogP contribution in [0.25, 0.3) is 0 Å². The number of methoxy groups -OCH3 is 1. The minimum atomic E-state index is -0.663. The molecule has 0 saturated heterocycles. The van der Waals surface area contributed by atoms with Crippen molar-refractivity contribution in [2.45, 2.75) is 6.42 Å². The van der Waals surface area contributed by atoms with Crippen LogP contribution >= 0.6 is 0 Å². The maximum atomic E-state index is 12.1. The maximum Gasteiger partial charge on any atom is 0.326 e. The number of ether oxygens (including phenoxy) is 1. The van der Waals surface area contributed by atoms with Gasteiger partial charge in [0.25, 0.3) is 5.91 Å². The van der Waals surface area contributed by atoms with Gasteiger partial charge >= 0.3 is 6.03 Å². The van der Waals surface area contributed by atoms with Gasteiger partial charge in [-0.1, -0.05) is 6.07 Å². The topological polar surface area (TPSA) is 96.5 Å². The molecule has 4 amide bonds. The number of hydrogen-bond acceptors (Lipinski definition) is 4. The van der Waals surface area contributed by atoms with Crippen molar-refractivity contribution >= 4 is 29.2 Å². The van der Waals surface area contributed by atoms with Gasteiger partial charge < -0.3 is 15.4 Å². The fraction of sp³-hybridized carbons (Fsp3) is 0.118. The van der Waals surface area contributed by atoms with Gasteiger partial charge in [-0.3, -0.25) is 14.9 Å². The van der Waals surface area contributed by atoms with Crippen molar-refractivity contribution in [3.8, 4) is 5.75 Å². The molecule has 7 nitrogen and oxygen atoms in total. The van der Waals surface area contributed by atoms with Crippen LogP contribution in [0.3, 0.4) is 0 Å². The molecule has 0 aromatic heterocycles. The monoisotopic (exact) mass is 325 g/mol. The maximum absolute atomic E-state index is 12.1. The van der Waals surface area contributed by atoms with Crippen molar-refractivity contribution in [1.82, 2.24) is 5.32 Å². The summed E-state index contributed by atoms with van der Waals surface area (Å²) in [5.74, 6) is -0.0427. The summed E-state index contributed by atoms with van der Waals surface area (Å²) in [6, 6.07) is 10.9. The number of benzene rings is 2. The lowest BCUT2D eigenvalue weighted by atomic mass is 10.1. The van der Waals surface area contributed by atoms with Gasteiger partial charge in [-0.05, 0) is 36.4 Å². The zero-order valence-electron chi connectivity index (χ0n) is 12.9. The Bertz CT molecular complexity index is 815. The van der Waals surface area contributed by atoms with Gasteiger partial charge in [-0.15, -0.1) is 0 Å². The van der Waals surface area contributed by atoms with Crippen LogP contribution in [0.1, 0.15) is 15.9 Å². The van der Waals surface area contributed by atoms with Crippen LogP contribution in [0.2, 0.25) is 0 Å². The summed E-state index contributed by atoms with van der Waals surface area (Å²) in [5, 5.41) is 7.55. The third-order valence-corrected chi connectivity index (χ3v) is 3.61. The highest BCUT2D eigenvalue weighted by molar-refractivity contribution is 6.09. The molecule has 0 fully saturated rings. The molecule has 2 aromatic carbocycles. The number of urea groups is 1. The first kappa shape index (κ1) is 15.5. The van der Waals surface area contributed by atoms with Gasteiger partial charge in [0.15, 0.2) is 0 Å². The molecular formula is C17H15N3O4. The first-order valence-corrected chi connectivity index (χ1v) is 7.25. The van der Waals surface area contributed by atoms with E-state index >= 15 is 0 Å². The number of carbonyl (C=O) groups excluding carboxylic acids is 3. The molecule has 2 aromatic rings. The molecule has 7 heteroatoms. The Morgan fingerprint density at radius 2 is 1.88 bits per heavy atom. The molecule has 3 N–H and O–H groups in total. The minimum absolute atomic E-state index is 0.131. The van der Waals surface area contributed by atoms with E-state index in [9.17, 15) is 14.4 Å². The summed E-state index contributed by atoms with van der Waals surface area (Å²) >= 11 is 0. The van der Waals surface area contributed by atoms with Gasteiger partial charge in [0.2, 0.25) is 5.91 Å². The zero-order chi connectivity index (χ0) is 17.1. The molecule has 0 atom stereocenters. The number of amides is 4. The molecule has 3 rings (SSSR count). The summed E-state index contributed by atoms with van der Waals surface area (Å²) < 4.78 is 5.02. The van der Waals surface area contributed by atoms with E-state index in [2.05, 4.69) is 16.0 Å². The molecule has 1 aliphatic heterocycles. The summed E-state index contributed by atoms with van der Waals surface area (Å²) in [6.45, 7) is 0. The highest BCUT2D eigenvalue weighted by Crippen LogP contribution is 2.29. The number of nitrogens with one attached hydrogen (secondary N) is 3. The predicted molar refractivity (Wildman–Crippen MR) is 88.3 cm³/mol. The standard InChI is InChI=1S/C17H15N3O4/c1-24-11-7-5-10(6-8-11)16(22)20-17(23)19-14-4-2-3-13-12(14)9-15(21)18-13/h2-8H,9H2,1H3,(H,18,21)(H2,19,20,22,23). The number of carbonyl (C=O) groups is 3. The SMILES string of the molecule is COc1ccc(C(=O)NC(=O)Nc2cccc3c2CC(=O)N3)cc1. The quantitative estimate of drug-likeness (QED) is 0.805. The smallest absolute Gasteiger partial charge is 0.326 e. The van der Waals surface area contributed by atoms with Crippen LogP contribution in [0.15, 0.2) is 42.5 Å². The molecule has 1 heterocycles. The van der Waals surface area contributed by atoms with E-state index in [4.69, 9.17) is 4.74 Å². The number of imide groups is 1. The van der Waals surface area contributed by atoms with E-state index in [-0.39, 0.29) is 12.3 Å². The third-order valence-electron chi connectivity index (χ3n) is 3.61. The predicted octanol–water partition coefficient (Wildman–Crippen LogP) is 2.15. The van der Waals surface area contributed by atoms with Crippen LogP contribution < -0.4 is 20.7 Å². The molecule has 122 valence electrons. The lowest BCUT2D eigenvalue weighted by Crippen LogP contribution is -2.34. The zero-order valence-corrected chi connectivity index (χ0v) is 12.9. The first-order valence-electron chi connectivity index (χ1n) is 7.25. The van der Waals surface area contributed by atoms with E-state index in [1.807, 2.05) is 0 Å². The van der Waals surface area contributed by atoms with E-state index in [1.165, 1.54) is 7.11 Å². The van der Waals surface area contributed by atoms with E-state index in [1.54, 1.807) is 42.5 Å². The molecule has 24 heavy (non-hydrogen) atoms. The molecule has 0 bridgehead atoms. The Labute approximate surface area is 138 Å². The Morgan fingerprint density at radius 1 is 1.12 bits per heavy atom. The van der Waals surface area contributed by atoms with Gasteiger partial charge in [0.1, 0.15) is 5.75 Å². The van der Waals surface area contributed by atoms with E-state index in [0.717, 1.165) is 0 Å². The average Bonchev–Trinajstić information content (AvgIpc) is 2.96. The van der Waals surface area contributed by atoms with Gasteiger partial charge in [-0.25, -0.2) is 4.79 Å². The van der Waals surface area contributed by atoms with Crippen LogP contribution in [0.5, 0.6) is 5.75 Å². The van der Waals surface area contributed by atoms with E-state index < -0.39 is 11.9 Å². The van der Waals surface area contributed by atoms with Crippen molar-refractivity contribution in [2.24, 2.45) is 0 Å². The molecule has 1 aliphatic rings. The number of hydrogen-bond donors (Lipinski definition) is 3. The molecule has 0 saturated carbocycles. The Morgan fingerprint density at radius 3 is 2.58 bits per heavy atom. The van der Waals surface area contributed by atoms with Crippen molar-refractivity contribution < 1.29 is 19.1 Å². The van der Waals surface area contributed by atoms with Gasteiger partial charge in [0.05, 0.1) is 13.5 Å². The van der Waals surface area contributed by atoms with Gasteiger partial charge in [-0.2, -0.15) is 0 Å². The third kappa shape index (κ3) is 3.19.